The van der Waals surface area contributed by atoms with Crippen molar-refractivity contribution >= 4 is 17.0 Å². The zero-order valence-electron chi connectivity index (χ0n) is 12.4. The summed E-state index contributed by atoms with van der Waals surface area (Å²) in [5, 5.41) is 15.1. The van der Waals surface area contributed by atoms with Crippen LogP contribution in [-0.2, 0) is 6.54 Å². The number of hydrogen-bond donors (Lipinski definition) is 1. The lowest BCUT2D eigenvalue weighted by atomic mass is 10.2. The van der Waals surface area contributed by atoms with E-state index in [1.807, 2.05) is 16.8 Å². The molecule has 1 aromatic carbocycles. The van der Waals surface area contributed by atoms with Crippen LogP contribution in [0.4, 0.5) is 10.1 Å². The smallest absolute Gasteiger partial charge is 0.258 e. The molecule has 0 aliphatic heterocycles. The molecule has 0 aliphatic carbocycles. The Bertz CT molecular complexity index is 933. The van der Waals surface area contributed by atoms with Crippen LogP contribution in [0.1, 0.15) is 5.82 Å². The standard InChI is InChI=1S/C16H12FN5OS/c17-12-2-3-14(22-6-1-5-19-22)13(8-12)18-9-15-20-16(23-21-15)11-4-7-24-10-11/h1-8,10,18H,9H2. The Morgan fingerprint density at radius 1 is 1.29 bits per heavy atom. The van der Waals surface area contributed by atoms with E-state index < -0.39 is 0 Å². The Hall–Kier alpha value is -3.00. The van der Waals surface area contributed by atoms with E-state index in [9.17, 15) is 4.39 Å². The zero-order chi connectivity index (χ0) is 16.4. The first-order chi connectivity index (χ1) is 11.8. The fourth-order valence-electron chi connectivity index (χ4n) is 2.26. The molecule has 3 aromatic heterocycles. The van der Waals surface area contributed by atoms with Gasteiger partial charge in [0.15, 0.2) is 5.82 Å². The van der Waals surface area contributed by atoms with E-state index in [2.05, 4.69) is 20.6 Å². The van der Waals surface area contributed by atoms with Crippen molar-refractivity contribution in [2.24, 2.45) is 0 Å². The highest BCUT2D eigenvalue weighted by molar-refractivity contribution is 7.08. The van der Waals surface area contributed by atoms with Gasteiger partial charge in [0.25, 0.3) is 5.89 Å². The maximum atomic E-state index is 13.6. The first kappa shape index (κ1) is 14.6. The lowest BCUT2D eigenvalue weighted by Crippen LogP contribution is -2.06. The SMILES string of the molecule is Fc1ccc(-n2cccn2)c(NCc2noc(-c3ccsc3)n2)c1. The van der Waals surface area contributed by atoms with Crippen LogP contribution in [-0.4, -0.2) is 19.9 Å². The van der Waals surface area contributed by atoms with Gasteiger partial charge in [-0.15, -0.1) is 0 Å². The highest BCUT2D eigenvalue weighted by Gasteiger charge is 2.11. The van der Waals surface area contributed by atoms with Crippen molar-refractivity contribution in [2.75, 3.05) is 5.32 Å². The molecule has 120 valence electrons. The quantitative estimate of drug-likeness (QED) is 0.599. The Morgan fingerprint density at radius 3 is 3.04 bits per heavy atom. The summed E-state index contributed by atoms with van der Waals surface area (Å²) in [6, 6.07) is 8.19. The molecule has 6 nitrogen and oxygen atoms in total. The molecule has 0 bridgehead atoms. The van der Waals surface area contributed by atoms with Crippen LogP contribution in [0.5, 0.6) is 0 Å². The van der Waals surface area contributed by atoms with E-state index in [4.69, 9.17) is 4.52 Å². The normalized spacial score (nSPS) is 10.9. The molecule has 0 fully saturated rings. The minimum Gasteiger partial charge on any atom is -0.376 e. The molecule has 1 N–H and O–H groups in total. The maximum absolute atomic E-state index is 13.6. The summed E-state index contributed by atoms with van der Waals surface area (Å²) in [5.41, 5.74) is 2.23. The van der Waals surface area contributed by atoms with Crippen molar-refractivity contribution in [3.05, 3.63) is 65.1 Å². The van der Waals surface area contributed by atoms with Crippen LogP contribution in [0.25, 0.3) is 17.1 Å². The molecule has 0 amide bonds. The predicted octanol–water partition coefficient (Wildman–Crippen LogP) is 3.74. The second kappa shape index (κ2) is 6.25. The number of thiophene rings is 1. The molecule has 0 saturated heterocycles. The second-order valence-corrected chi connectivity index (χ2v) is 5.77. The predicted molar refractivity (Wildman–Crippen MR) is 88.5 cm³/mol. The van der Waals surface area contributed by atoms with Gasteiger partial charge in [0.05, 0.1) is 23.5 Å². The number of hydrogen-bond acceptors (Lipinski definition) is 6. The van der Waals surface area contributed by atoms with Crippen LogP contribution in [0.15, 0.2) is 58.0 Å². The summed E-state index contributed by atoms with van der Waals surface area (Å²) in [6.07, 6.45) is 3.46. The molecule has 8 heteroatoms. The summed E-state index contributed by atoms with van der Waals surface area (Å²) in [5.74, 6) is 0.631. The molecule has 24 heavy (non-hydrogen) atoms. The lowest BCUT2D eigenvalue weighted by molar-refractivity contribution is 0.423. The van der Waals surface area contributed by atoms with Crippen molar-refractivity contribution in [2.45, 2.75) is 6.54 Å². The molecule has 0 atom stereocenters. The van der Waals surface area contributed by atoms with Gasteiger partial charge < -0.3 is 9.84 Å². The first-order valence-corrected chi connectivity index (χ1v) is 8.12. The molecular formula is C16H12FN5OS. The highest BCUT2D eigenvalue weighted by Crippen LogP contribution is 2.23. The average Bonchev–Trinajstić information content (AvgIpc) is 3.33. The van der Waals surface area contributed by atoms with E-state index >= 15 is 0 Å². The van der Waals surface area contributed by atoms with Gasteiger partial charge >= 0.3 is 0 Å². The van der Waals surface area contributed by atoms with Gasteiger partial charge in [0.2, 0.25) is 0 Å². The Labute approximate surface area is 140 Å². The third-order valence-electron chi connectivity index (χ3n) is 3.38. The minimum absolute atomic E-state index is 0.311. The number of aromatic nitrogens is 4. The summed E-state index contributed by atoms with van der Waals surface area (Å²) in [7, 11) is 0. The fraction of sp³-hybridized carbons (Fsp3) is 0.0625. The number of anilines is 1. The van der Waals surface area contributed by atoms with Crippen LogP contribution >= 0.6 is 11.3 Å². The number of rotatable bonds is 5. The van der Waals surface area contributed by atoms with Crippen LogP contribution in [0, 0.1) is 5.82 Å². The largest absolute Gasteiger partial charge is 0.376 e. The average molecular weight is 341 g/mol. The molecule has 4 rings (SSSR count). The van der Waals surface area contributed by atoms with E-state index in [0.717, 1.165) is 11.3 Å². The van der Waals surface area contributed by atoms with Gasteiger partial charge in [0.1, 0.15) is 5.82 Å². The number of benzene rings is 1. The van der Waals surface area contributed by atoms with Crippen molar-refractivity contribution in [1.29, 1.82) is 0 Å². The van der Waals surface area contributed by atoms with Gasteiger partial charge in [-0.1, -0.05) is 5.16 Å². The number of halogens is 1. The molecule has 4 aromatic rings. The van der Waals surface area contributed by atoms with E-state index in [1.54, 1.807) is 40.5 Å². The van der Waals surface area contributed by atoms with Gasteiger partial charge in [-0.2, -0.15) is 21.4 Å². The minimum atomic E-state index is -0.333. The third-order valence-corrected chi connectivity index (χ3v) is 4.07. The van der Waals surface area contributed by atoms with Crippen LogP contribution in [0.2, 0.25) is 0 Å². The van der Waals surface area contributed by atoms with Gasteiger partial charge in [0, 0.05) is 17.8 Å². The van der Waals surface area contributed by atoms with Crippen LogP contribution in [0.3, 0.4) is 0 Å². The summed E-state index contributed by atoms with van der Waals surface area (Å²) >= 11 is 1.56. The van der Waals surface area contributed by atoms with Crippen molar-refractivity contribution in [3.8, 4) is 17.1 Å². The lowest BCUT2D eigenvalue weighted by Gasteiger charge is -2.10. The first-order valence-electron chi connectivity index (χ1n) is 7.18. The molecule has 0 aliphatic rings. The van der Waals surface area contributed by atoms with E-state index in [1.165, 1.54) is 12.1 Å². The second-order valence-electron chi connectivity index (χ2n) is 4.99. The highest BCUT2D eigenvalue weighted by atomic mass is 32.1. The molecule has 0 saturated carbocycles. The van der Waals surface area contributed by atoms with E-state index in [0.29, 0.717) is 23.9 Å². The third kappa shape index (κ3) is 2.91. The monoisotopic (exact) mass is 341 g/mol. The van der Waals surface area contributed by atoms with Crippen LogP contribution < -0.4 is 5.32 Å². The van der Waals surface area contributed by atoms with Gasteiger partial charge in [-0.05, 0) is 35.7 Å². The zero-order valence-corrected chi connectivity index (χ0v) is 13.2. The Kier molecular flexibility index (Phi) is 3.80. The number of nitrogens with one attached hydrogen (secondary N) is 1. The Morgan fingerprint density at radius 2 is 2.25 bits per heavy atom. The van der Waals surface area contributed by atoms with Gasteiger partial charge in [-0.3, -0.25) is 0 Å². The molecule has 3 heterocycles. The Balaban J connectivity index is 1.55. The fourth-order valence-corrected chi connectivity index (χ4v) is 2.89. The number of nitrogens with zero attached hydrogens (tertiary/aromatic N) is 4. The van der Waals surface area contributed by atoms with Gasteiger partial charge in [-0.25, -0.2) is 9.07 Å². The van der Waals surface area contributed by atoms with Crippen molar-refractivity contribution in [3.63, 3.8) is 0 Å². The molecular weight excluding hydrogens is 329 g/mol. The molecule has 0 unspecified atom stereocenters. The molecule has 0 radical (unpaired) electrons. The molecule has 0 spiro atoms. The summed E-state index contributed by atoms with van der Waals surface area (Å²) in [4.78, 5) is 4.33. The summed E-state index contributed by atoms with van der Waals surface area (Å²) in [6.45, 7) is 0.311. The topological polar surface area (TPSA) is 68.8 Å². The van der Waals surface area contributed by atoms with Crippen molar-refractivity contribution in [1.82, 2.24) is 19.9 Å². The van der Waals surface area contributed by atoms with E-state index in [-0.39, 0.29) is 5.82 Å². The van der Waals surface area contributed by atoms with Crippen molar-refractivity contribution < 1.29 is 8.91 Å². The maximum Gasteiger partial charge on any atom is 0.258 e. The summed E-state index contributed by atoms with van der Waals surface area (Å²) < 4.78 is 20.5.